The number of benzene rings is 1. The third-order valence-electron chi connectivity index (χ3n) is 4.63. The van der Waals surface area contributed by atoms with Crippen molar-refractivity contribution in [3.8, 4) is 0 Å². The zero-order valence-electron chi connectivity index (χ0n) is 11.5. The number of aryl methyl sites for hydroxylation is 1. The fourth-order valence-electron chi connectivity index (χ4n) is 3.51. The topological polar surface area (TPSA) is 12.0 Å². The second-order valence-corrected chi connectivity index (χ2v) is 6.95. The maximum absolute atomic E-state index is 13.2. The Morgan fingerprint density at radius 3 is 2.68 bits per heavy atom. The smallest absolute Gasteiger partial charge is 0.123 e. The molecule has 1 unspecified atom stereocenters. The first-order chi connectivity index (χ1) is 9.26. The molecule has 0 aliphatic heterocycles. The lowest BCUT2D eigenvalue weighted by molar-refractivity contribution is 0.342. The Bertz CT molecular complexity index is 440. The molecule has 1 N–H and O–H groups in total. The fourth-order valence-corrected chi connectivity index (χ4v) is 4.25. The zero-order valence-corrected chi connectivity index (χ0v) is 12.3. The molecule has 3 heteroatoms. The summed E-state index contributed by atoms with van der Waals surface area (Å²) in [5.41, 5.74) is 2.53. The van der Waals surface area contributed by atoms with Crippen LogP contribution in [0, 0.1) is 5.82 Å². The van der Waals surface area contributed by atoms with Crippen molar-refractivity contribution >= 4 is 11.8 Å². The molecule has 0 heterocycles. The van der Waals surface area contributed by atoms with Gasteiger partial charge in [0, 0.05) is 17.3 Å². The summed E-state index contributed by atoms with van der Waals surface area (Å²) in [5.74, 6) is -0.0973. The third-order valence-corrected chi connectivity index (χ3v) is 5.77. The summed E-state index contributed by atoms with van der Waals surface area (Å²) in [6.45, 7) is 0. The van der Waals surface area contributed by atoms with E-state index in [0.29, 0.717) is 12.1 Å². The lowest BCUT2D eigenvalue weighted by Gasteiger charge is -2.30. The Kier molecular flexibility index (Phi) is 4.13. The summed E-state index contributed by atoms with van der Waals surface area (Å²) in [6.07, 6.45) is 9.62. The van der Waals surface area contributed by atoms with Crippen LogP contribution >= 0.6 is 11.8 Å². The van der Waals surface area contributed by atoms with Gasteiger partial charge in [-0.3, -0.25) is 0 Å². The summed E-state index contributed by atoms with van der Waals surface area (Å²) >= 11 is 2.01. The van der Waals surface area contributed by atoms with Crippen molar-refractivity contribution in [1.29, 1.82) is 0 Å². The van der Waals surface area contributed by atoms with E-state index in [0.717, 1.165) is 18.1 Å². The van der Waals surface area contributed by atoms with Gasteiger partial charge in [-0.05, 0) is 68.0 Å². The fraction of sp³-hybridized carbons (Fsp3) is 0.625. The molecule has 2 aliphatic rings. The zero-order chi connectivity index (χ0) is 13.2. The molecule has 1 fully saturated rings. The number of fused-ring (bicyclic) bond motifs is 1. The van der Waals surface area contributed by atoms with E-state index in [4.69, 9.17) is 0 Å². The molecule has 1 saturated carbocycles. The van der Waals surface area contributed by atoms with Gasteiger partial charge in [0.25, 0.3) is 0 Å². The van der Waals surface area contributed by atoms with Crippen molar-refractivity contribution in [2.75, 3.05) is 6.26 Å². The summed E-state index contributed by atoms with van der Waals surface area (Å²) in [6, 6.07) is 6.39. The van der Waals surface area contributed by atoms with Gasteiger partial charge in [-0.15, -0.1) is 0 Å². The number of nitrogens with one attached hydrogen (secondary N) is 1. The summed E-state index contributed by atoms with van der Waals surface area (Å²) < 4.78 is 13.2. The molecular formula is C16H22FNS. The van der Waals surface area contributed by atoms with E-state index >= 15 is 0 Å². The van der Waals surface area contributed by atoms with Gasteiger partial charge in [0.2, 0.25) is 0 Å². The van der Waals surface area contributed by atoms with E-state index in [2.05, 4.69) is 11.6 Å². The molecule has 2 aliphatic carbocycles. The van der Waals surface area contributed by atoms with Crippen LogP contribution in [0.15, 0.2) is 18.2 Å². The van der Waals surface area contributed by atoms with E-state index in [1.165, 1.54) is 36.8 Å². The quantitative estimate of drug-likeness (QED) is 0.895. The number of halogens is 1. The average Bonchev–Trinajstić information content (AvgIpc) is 2.82. The molecule has 104 valence electrons. The van der Waals surface area contributed by atoms with E-state index in [1.807, 2.05) is 17.8 Å². The van der Waals surface area contributed by atoms with Gasteiger partial charge in [-0.1, -0.05) is 6.07 Å². The Morgan fingerprint density at radius 1 is 1.16 bits per heavy atom. The summed E-state index contributed by atoms with van der Waals surface area (Å²) in [4.78, 5) is 0. The number of thioether (sulfide) groups is 1. The van der Waals surface area contributed by atoms with Gasteiger partial charge < -0.3 is 5.32 Å². The van der Waals surface area contributed by atoms with E-state index in [1.54, 1.807) is 12.1 Å². The molecule has 0 amide bonds. The highest BCUT2D eigenvalue weighted by Gasteiger charge is 2.27. The minimum atomic E-state index is -0.0973. The van der Waals surface area contributed by atoms with Crippen LogP contribution in [0.25, 0.3) is 0 Å². The van der Waals surface area contributed by atoms with Crippen LogP contribution in [0.3, 0.4) is 0 Å². The molecule has 0 spiro atoms. The van der Waals surface area contributed by atoms with Gasteiger partial charge in [0.1, 0.15) is 5.82 Å². The molecule has 0 saturated heterocycles. The summed E-state index contributed by atoms with van der Waals surface area (Å²) in [7, 11) is 0. The van der Waals surface area contributed by atoms with Gasteiger partial charge in [-0.25, -0.2) is 4.39 Å². The van der Waals surface area contributed by atoms with E-state index in [-0.39, 0.29) is 5.82 Å². The van der Waals surface area contributed by atoms with Gasteiger partial charge in [-0.2, -0.15) is 11.8 Å². The summed E-state index contributed by atoms with van der Waals surface area (Å²) in [5, 5.41) is 4.67. The van der Waals surface area contributed by atoms with Crippen LogP contribution in [-0.2, 0) is 6.42 Å². The highest BCUT2D eigenvalue weighted by molar-refractivity contribution is 7.99. The molecule has 1 aromatic rings. The van der Waals surface area contributed by atoms with E-state index in [9.17, 15) is 4.39 Å². The minimum absolute atomic E-state index is 0.0973. The monoisotopic (exact) mass is 279 g/mol. The molecule has 0 bridgehead atoms. The van der Waals surface area contributed by atoms with Crippen molar-refractivity contribution < 1.29 is 4.39 Å². The standard InChI is InChI=1S/C16H22FNS/c1-19-14-6-4-13(5-7-14)18-16-9-2-11-10-12(17)3-8-15(11)16/h3,8,10,13-14,16,18H,2,4-7,9H2,1H3. The molecule has 1 aromatic carbocycles. The molecule has 3 rings (SSSR count). The predicted octanol–water partition coefficient (Wildman–Crippen LogP) is 4.08. The Morgan fingerprint density at radius 2 is 1.95 bits per heavy atom. The molecular weight excluding hydrogens is 257 g/mol. The van der Waals surface area contributed by atoms with Crippen molar-refractivity contribution in [1.82, 2.24) is 5.32 Å². The second-order valence-electron chi connectivity index (χ2n) is 5.81. The van der Waals surface area contributed by atoms with Crippen LogP contribution in [-0.4, -0.2) is 17.5 Å². The van der Waals surface area contributed by atoms with Crippen LogP contribution < -0.4 is 5.32 Å². The number of hydrogen-bond acceptors (Lipinski definition) is 2. The maximum Gasteiger partial charge on any atom is 0.123 e. The lowest BCUT2D eigenvalue weighted by Crippen LogP contribution is -2.35. The molecule has 0 aromatic heterocycles. The molecule has 1 nitrogen and oxygen atoms in total. The average molecular weight is 279 g/mol. The predicted molar refractivity (Wildman–Crippen MR) is 80.2 cm³/mol. The van der Waals surface area contributed by atoms with Crippen LogP contribution in [0.5, 0.6) is 0 Å². The van der Waals surface area contributed by atoms with E-state index < -0.39 is 0 Å². The largest absolute Gasteiger partial charge is 0.307 e. The van der Waals surface area contributed by atoms with Crippen LogP contribution in [0.1, 0.15) is 49.3 Å². The SMILES string of the molecule is CSC1CCC(NC2CCc3cc(F)ccc32)CC1. The van der Waals surface area contributed by atoms with Crippen molar-refractivity contribution in [2.45, 2.75) is 55.9 Å². The van der Waals surface area contributed by atoms with Gasteiger partial charge in [0.05, 0.1) is 0 Å². The van der Waals surface area contributed by atoms with Gasteiger partial charge >= 0.3 is 0 Å². The maximum atomic E-state index is 13.2. The Hall–Kier alpha value is -0.540. The second kappa shape index (κ2) is 5.84. The number of rotatable bonds is 3. The van der Waals surface area contributed by atoms with Gasteiger partial charge in [0.15, 0.2) is 0 Å². The molecule has 19 heavy (non-hydrogen) atoms. The minimum Gasteiger partial charge on any atom is -0.307 e. The van der Waals surface area contributed by atoms with Crippen molar-refractivity contribution in [3.05, 3.63) is 35.1 Å². The first-order valence-corrected chi connectivity index (χ1v) is 8.62. The highest BCUT2D eigenvalue weighted by Crippen LogP contribution is 2.34. The van der Waals surface area contributed by atoms with Crippen molar-refractivity contribution in [2.24, 2.45) is 0 Å². The normalized spacial score (nSPS) is 30.3. The Labute approximate surface area is 119 Å². The highest BCUT2D eigenvalue weighted by atomic mass is 32.2. The number of hydrogen-bond donors (Lipinski definition) is 1. The van der Waals surface area contributed by atoms with Crippen LogP contribution in [0.4, 0.5) is 4.39 Å². The molecule has 0 radical (unpaired) electrons. The first-order valence-electron chi connectivity index (χ1n) is 7.33. The first kappa shape index (κ1) is 13.4. The lowest BCUT2D eigenvalue weighted by atomic mass is 9.93. The molecule has 1 atom stereocenters. The Balaban J connectivity index is 1.61. The van der Waals surface area contributed by atoms with Crippen molar-refractivity contribution in [3.63, 3.8) is 0 Å². The van der Waals surface area contributed by atoms with Crippen LogP contribution in [0.2, 0.25) is 0 Å². The third kappa shape index (κ3) is 2.97.